The third kappa shape index (κ3) is 5.84. The molecule has 2 rings (SSSR count). The molecular weight excluding hydrogens is 316 g/mol. The molecule has 1 aromatic carbocycles. The van der Waals surface area contributed by atoms with Crippen LogP contribution in [0.1, 0.15) is 24.8 Å². The van der Waals surface area contributed by atoms with E-state index < -0.39 is 12.1 Å². The fourth-order valence-electron chi connectivity index (χ4n) is 1.64. The van der Waals surface area contributed by atoms with E-state index >= 15 is 0 Å². The Balaban J connectivity index is 1.68. The minimum Gasteiger partial charge on any atom is -0.491 e. The number of benzene rings is 1. The summed E-state index contributed by atoms with van der Waals surface area (Å²) in [6, 6.07) is 8.74. The number of amides is 2. The van der Waals surface area contributed by atoms with Gasteiger partial charge in [-0.15, -0.1) is 10.2 Å². The summed E-state index contributed by atoms with van der Waals surface area (Å²) < 4.78 is 5.41. The summed E-state index contributed by atoms with van der Waals surface area (Å²) in [6.45, 7) is 4.19. The van der Waals surface area contributed by atoms with Gasteiger partial charge in [-0.25, -0.2) is 4.79 Å². The molecule has 124 valence electrons. The summed E-state index contributed by atoms with van der Waals surface area (Å²) in [5, 5.41) is 24.1. The Morgan fingerprint density at radius 3 is 2.70 bits per heavy atom. The molecule has 1 heterocycles. The summed E-state index contributed by atoms with van der Waals surface area (Å²) >= 11 is 1.33. The predicted molar refractivity (Wildman–Crippen MR) is 89.0 cm³/mol. The molecule has 23 heavy (non-hydrogen) atoms. The fraction of sp³-hybridized carbons (Fsp3) is 0.400. The number of hydrogen-bond donors (Lipinski definition) is 3. The van der Waals surface area contributed by atoms with Crippen LogP contribution in [0.5, 0.6) is 5.75 Å². The molecule has 0 saturated heterocycles. The Bertz CT molecular complexity index is 618. The van der Waals surface area contributed by atoms with Crippen molar-refractivity contribution in [2.45, 2.75) is 25.9 Å². The second-order valence-corrected chi connectivity index (χ2v) is 6.22. The number of para-hydroxylation sites is 1. The van der Waals surface area contributed by atoms with E-state index in [1.807, 2.05) is 32.0 Å². The molecule has 0 aliphatic carbocycles. The highest BCUT2D eigenvalue weighted by Gasteiger charge is 2.12. The highest BCUT2D eigenvalue weighted by Crippen LogP contribution is 2.22. The zero-order valence-corrected chi connectivity index (χ0v) is 13.8. The van der Waals surface area contributed by atoms with Crippen molar-refractivity contribution >= 4 is 22.5 Å². The van der Waals surface area contributed by atoms with E-state index in [1.54, 1.807) is 12.1 Å². The number of carbonyl (C=O) groups excluding carboxylic acids is 1. The molecule has 0 fully saturated rings. The maximum absolute atomic E-state index is 11.7. The maximum atomic E-state index is 11.7. The highest BCUT2D eigenvalue weighted by molar-refractivity contribution is 7.15. The van der Waals surface area contributed by atoms with Gasteiger partial charge in [-0.1, -0.05) is 43.4 Å². The number of aliphatic hydroxyl groups is 1. The first-order valence-corrected chi connectivity index (χ1v) is 8.10. The van der Waals surface area contributed by atoms with Crippen LogP contribution in [0.15, 0.2) is 30.3 Å². The van der Waals surface area contributed by atoms with E-state index in [0.29, 0.717) is 10.9 Å². The van der Waals surface area contributed by atoms with Gasteiger partial charge in [0.25, 0.3) is 0 Å². The van der Waals surface area contributed by atoms with E-state index in [0.717, 1.165) is 5.01 Å². The number of carbonyl (C=O) groups is 1. The minimum absolute atomic E-state index is 0.0779. The van der Waals surface area contributed by atoms with Crippen LogP contribution >= 0.6 is 11.3 Å². The first-order chi connectivity index (χ1) is 11.0. The summed E-state index contributed by atoms with van der Waals surface area (Å²) in [7, 11) is 0. The number of nitrogens with zero attached hydrogens (tertiary/aromatic N) is 2. The van der Waals surface area contributed by atoms with Crippen molar-refractivity contribution in [3.63, 3.8) is 0 Å². The number of anilines is 1. The van der Waals surface area contributed by atoms with Gasteiger partial charge in [-0.2, -0.15) is 0 Å². The van der Waals surface area contributed by atoms with E-state index in [-0.39, 0.29) is 19.1 Å². The molecule has 0 spiro atoms. The number of aliphatic hydroxyl groups excluding tert-OH is 1. The van der Waals surface area contributed by atoms with Crippen molar-refractivity contribution in [1.29, 1.82) is 0 Å². The minimum atomic E-state index is -0.804. The molecule has 0 radical (unpaired) electrons. The second kappa shape index (κ2) is 8.44. The van der Waals surface area contributed by atoms with Crippen LogP contribution < -0.4 is 15.4 Å². The molecule has 0 bridgehead atoms. The molecule has 1 atom stereocenters. The quantitative estimate of drug-likeness (QED) is 0.720. The van der Waals surface area contributed by atoms with Gasteiger partial charge in [-0.05, 0) is 12.1 Å². The van der Waals surface area contributed by atoms with Gasteiger partial charge in [0.1, 0.15) is 23.5 Å². The van der Waals surface area contributed by atoms with Crippen LogP contribution in [0.2, 0.25) is 0 Å². The smallest absolute Gasteiger partial charge is 0.321 e. The summed E-state index contributed by atoms with van der Waals surface area (Å²) in [4.78, 5) is 11.7. The zero-order chi connectivity index (χ0) is 16.7. The molecule has 7 nitrogen and oxygen atoms in total. The van der Waals surface area contributed by atoms with E-state index in [4.69, 9.17) is 4.74 Å². The van der Waals surface area contributed by atoms with Crippen molar-refractivity contribution in [2.24, 2.45) is 0 Å². The number of urea groups is 1. The average Bonchev–Trinajstić information content (AvgIpc) is 3.00. The molecular formula is C15H20N4O3S. The Morgan fingerprint density at radius 1 is 1.30 bits per heavy atom. The number of aromatic nitrogens is 2. The zero-order valence-electron chi connectivity index (χ0n) is 13.0. The summed E-state index contributed by atoms with van der Waals surface area (Å²) in [5.74, 6) is 0.939. The van der Waals surface area contributed by atoms with Gasteiger partial charge in [0.15, 0.2) is 0 Å². The van der Waals surface area contributed by atoms with Crippen LogP contribution in [-0.4, -0.2) is 40.6 Å². The summed E-state index contributed by atoms with van der Waals surface area (Å²) in [5.41, 5.74) is 0. The molecule has 8 heteroatoms. The monoisotopic (exact) mass is 336 g/mol. The number of nitrogens with one attached hydrogen (secondary N) is 2. The van der Waals surface area contributed by atoms with Gasteiger partial charge < -0.3 is 15.2 Å². The van der Waals surface area contributed by atoms with Crippen molar-refractivity contribution in [1.82, 2.24) is 15.5 Å². The number of ether oxygens (including phenoxy) is 1. The van der Waals surface area contributed by atoms with Crippen molar-refractivity contribution in [3.05, 3.63) is 35.3 Å². The SMILES string of the molecule is CC(C)c1nnc(NC(=O)NCC(O)COc2ccccc2)s1. The van der Waals surface area contributed by atoms with Gasteiger partial charge in [-0.3, -0.25) is 5.32 Å². The molecule has 2 amide bonds. The van der Waals surface area contributed by atoms with E-state index in [1.165, 1.54) is 11.3 Å². The van der Waals surface area contributed by atoms with E-state index in [2.05, 4.69) is 20.8 Å². The topological polar surface area (TPSA) is 96.4 Å². The van der Waals surface area contributed by atoms with Crippen LogP contribution in [-0.2, 0) is 0 Å². The average molecular weight is 336 g/mol. The lowest BCUT2D eigenvalue weighted by Crippen LogP contribution is -2.37. The molecule has 1 unspecified atom stereocenters. The second-order valence-electron chi connectivity index (χ2n) is 5.21. The third-order valence-electron chi connectivity index (χ3n) is 2.84. The van der Waals surface area contributed by atoms with Crippen molar-refractivity contribution < 1.29 is 14.6 Å². The third-order valence-corrected chi connectivity index (χ3v) is 3.98. The molecule has 2 aromatic rings. The Morgan fingerprint density at radius 2 is 2.04 bits per heavy atom. The predicted octanol–water partition coefficient (Wildman–Crippen LogP) is 2.22. The fourth-order valence-corrected chi connectivity index (χ4v) is 2.38. The largest absolute Gasteiger partial charge is 0.491 e. The normalized spacial score (nSPS) is 12.0. The molecule has 3 N–H and O–H groups in total. The lowest BCUT2D eigenvalue weighted by Gasteiger charge is -2.13. The first-order valence-electron chi connectivity index (χ1n) is 7.28. The van der Waals surface area contributed by atoms with Gasteiger partial charge >= 0.3 is 6.03 Å². The van der Waals surface area contributed by atoms with Crippen LogP contribution in [0.4, 0.5) is 9.93 Å². The highest BCUT2D eigenvalue weighted by atomic mass is 32.1. The standard InChI is InChI=1S/C15H20N4O3S/c1-10(2)13-18-19-15(23-13)17-14(21)16-8-11(20)9-22-12-6-4-3-5-7-12/h3-7,10-11,20H,8-9H2,1-2H3,(H2,16,17,19,21). The number of rotatable bonds is 7. The van der Waals surface area contributed by atoms with E-state index in [9.17, 15) is 9.90 Å². The van der Waals surface area contributed by atoms with Gasteiger partial charge in [0.2, 0.25) is 5.13 Å². The summed E-state index contributed by atoms with van der Waals surface area (Å²) in [6.07, 6.45) is -0.804. The van der Waals surface area contributed by atoms with Crippen LogP contribution in [0.3, 0.4) is 0 Å². The van der Waals surface area contributed by atoms with Gasteiger partial charge in [0.05, 0.1) is 0 Å². The number of hydrogen-bond acceptors (Lipinski definition) is 6. The first kappa shape index (κ1) is 17.2. The Hall–Kier alpha value is -2.19. The van der Waals surface area contributed by atoms with Crippen LogP contribution in [0, 0.1) is 0 Å². The molecule has 0 aliphatic heterocycles. The van der Waals surface area contributed by atoms with Crippen molar-refractivity contribution in [2.75, 3.05) is 18.5 Å². The lowest BCUT2D eigenvalue weighted by atomic mass is 10.2. The lowest BCUT2D eigenvalue weighted by molar-refractivity contribution is 0.108. The molecule has 0 aliphatic rings. The van der Waals surface area contributed by atoms with Gasteiger partial charge in [0, 0.05) is 12.5 Å². The Kier molecular flexibility index (Phi) is 6.30. The maximum Gasteiger partial charge on any atom is 0.321 e. The van der Waals surface area contributed by atoms with Crippen molar-refractivity contribution in [3.8, 4) is 5.75 Å². The molecule has 1 aromatic heterocycles. The van der Waals surface area contributed by atoms with Crippen LogP contribution in [0.25, 0.3) is 0 Å². The molecule has 0 saturated carbocycles. The Labute approximate surface area is 138 Å².